The number of aromatic nitrogens is 3. The van der Waals surface area contributed by atoms with Crippen molar-refractivity contribution in [3.8, 4) is 11.3 Å². The molecule has 0 bridgehead atoms. The number of pyridine rings is 1. The molecule has 3 aromatic heterocycles. The average molecular weight is 366 g/mol. The first-order valence-electron chi connectivity index (χ1n) is 9.19. The third-order valence-electron chi connectivity index (χ3n) is 4.66. The Morgan fingerprint density at radius 2 is 1.88 bits per heavy atom. The van der Waals surface area contributed by atoms with Crippen molar-refractivity contribution in [2.45, 2.75) is 44.7 Å². The third kappa shape index (κ3) is 4.38. The molecule has 0 amide bonds. The Morgan fingerprint density at radius 1 is 1.04 bits per heavy atom. The zero-order valence-corrected chi connectivity index (χ0v) is 15.5. The minimum absolute atomic E-state index is 0.474. The standard InChI is InChI=1S/C20H23N5S/c1-2-5-16(6-3-1)23-20-24-18(15-8-10-21-11-9-15)13-19(25-20)22-14-17-7-4-12-26-17/h4,7-13,16H,1-3,5-6,14H2,(H2,22,23,24,25). The molecule has 134 valence electrons. The zero-order chi connectivity index (χ0) is 17.6. The van der Waals surface area contributed by atoms with E-state index in [4.69, 9.17) is 9.97 Å². The van der Waals surface area contributed by atoms with Crippen molar-refractivity contribution < 1.29 is 0 Å². The van der Waals surface area contributed by atoms with Crippen LogP contribution in [0.3, 0.4) is 0 Å². The van der Waals surface area contributed by atoms with E-state index in [0.29, 0.717) is 12.0 Å². The molecule has 1 fully saturated rings. The van der Waals surface area contributed by atoms with Crippen molar-refractivity contribution in [3.63, 3.8) is 0 Å². The molecule has 4 rings (SSSR count). The van der Waals surface area contributed by atoms with Crippen LogP contribution in [0.2, 0.25) is 0 Å². The molecule has 1 aliphatic rings. The van der Waals surface area contributed by atoms with Crippen LogP contribution in [0.1, 0.15) is 37.0 Å². The number of thiophene rings is 1. The molecule has 3 aromatic rings. The van der Waals surface area contributed by atoms with Crippen LogP contribution < -0.4 is 10.6 Å². The first-order chi connectivity index (χ1) is 12.9. The summed E-state index contributed by atoms with van der Waals surface area (Å²) in [6.07, 6.45) is 9.89. The summed E-state index contributed by atoms with van der Waals surface area (Å²) in [4.78, 5) is 14.9. The van der Waals surface area contributed by atoms with Gasteiger partial charge in [-0.25, -0.2) is 4.98 Å². The van der Waals surface area contributed by atoms with Crippen LogP contribution in [0.5, 0.6) is 0 Å². The van der Waals surface area contributed by atoms with E-state index in [9.17, 15) is 0 Å². The quantitative estimate of drug-likeness (QED) is 0.647. The molecular weight excluding hydrogens is 342 g/mol. The van der Waals surface area contributed by atoms with Crippen LogP contribution in [0.25, 0.3) is 11.3 Å². The molecule has 1 saturated carbocycles. The van der Waals surface area contributed by atoms with Crippen LogP contribution in [-0.2, 0) is 6.54 Å². The van der Waals surface area contributed by atoms with E-state index in [0.717, 1.165) is 23.6 Å². The summed E-state index contributed by atoms with van der Waals surface area (Å²) >= 11 is 1.75. The molecule has 0 saturated heterocycles. The van der Waals surface area contributed by atoms with Crippen molar-refractivity contribution in [1.29, 1.82) is 0 Å². The number of nitrogens with zero attached hydrogens (tertiary/aromatic N) is 3. The van der Waals surface area contributed by atoms with Crippen molar-refractivity contribution in [2.24, 2.45) is 0 Å². The highest BCUT2D eigenvalue weighted by molar-refractivity contribution is 7.09. The topological polar surface area (TPSA) is 62.7 Å². The van der Waals surface area contributed by atoms with Crippen molar-refractivity contribution in [1.82, 2.24) is 15.0 Å². The normalized spacial score (nSPS) is 14.9. The Labute approximate surface area is 157 Å². The van der Waals surface area contributed by atoms with Crippen molar-refractivity contribution in [2.75, 3.05) is 10.6 Å². The molecule has 2 N–H and O–H groups in total. The molecule has 0 radical (unpaired) electrons. The molecule has 6 heteroatoms. The third-order valence-corrected chi connectivity index (χ3v) is 5.54. The van der Waals surface area contributed by atoms with Gasteiger partial charge in [-0.1, -0.05) is 25.3 Å². The van der Waals surface area contributed by atoms with Crippen LogP contribution in [0.15, 0.2) is 48.1 Å². The van der Waals surface area contributed by atoms with Gasteiger partial charge in [0.05, 0.1) is 12.2 Å². The van der Waals surface area contributed by atoms with Gasteiger partial charge in [-0.15, -0.1) is 11.3 Å². The van der Waals surface area contributed by atoms with E-state index in [1.54, 1.807) is 23.7 Å². The minimum atomic E-state index is 0.474. The molecule has 0 atom stereocenters. The fourth-order valence-electron chi connectivity index (χ4n) is 3.29. The van der Waals surface area contributed by atoms with Gasteiger partial charge >= 0.3 is 0 Å². The Kier molecular flexibility index (Phi) is 5.40. The lowest BCUT2D eigenvalue weighted by molar-refractivity contribution is 0.461. The SMILES string of the molecule is c1csc(CNc2cc(-c3ccncc3)nc(NC3CCCCC3)n2)c1. The summed E-state index contributed by atoms with van der Waals surface area (Å²) in [6.45, 7) is 0.771. The molecule has 0 aliphatic heterocycles. The van der Waals surface area contributed by atoms with Gasteiger partial charge in [-0.2, -0.15) is 4.98 Å². The van der Waals surface area contributed by atoms with Crippen LogP contribution in [0.4, 0.5) is 11.8 Å². The Hall–Kier alpha value is -2.47. The molecule has 1 aliphatic carbocycles. The first kappa shape index (κ1) is 17.0. The van der Waals surface area contributed by atoms with E-state index < -0.39 is 0 Å². The second-order valence-corrected chi connectivity index (χ2v) is 7.64. The van der Waals surface area contributed by atoms with Crippen molar-refractivity contribution >= 4 is 23.1 Å². The maximum absolute atomic E-state index is 4.76. The molecule has 0 spiro atoms. The molecule has 26 heavy (non-hydrogen) atoms. The van der Waals surface area contributed by atoms with Gasteiger partial charge in [0.1, 0.15) is 5.82 Å². The molecule has 0 unspecified atom stereocenters. The summed E-state index contributed by atoms with van der Waals surface area (Å²) in [6, 6.07) is 10.6. The lowest BCUT2D eigenvalue weighted by atomic mass is 9.96. The van der Waals surface area contributed by atoms with Gasteiger partial charge in [0.25, 0.3) is 0 Å². The number of rotatable bonds is 6. The Bertz CT molecular complexity index is 813. The summed E-state index contributed by atoms with van der Waals surface area (Å²) in [7, 11) is 0. The van der Waals surface area contributed by atoms with Crippen LogP contribution in [-0.4, -0.2) is 21.0 Å². The fraction of sp³-hybridized carbons (Fsp3) is 0.350. The largest absolute Gasteiger partial charge is 0.365 e. The van der Waals surface area contributed by atoms with Gasteiger partial charge in [0.15, 0.2) is 0 Å². The monoisotopic (exact) mass is 365 g/mol. The molecule has 5 nitrogen and oxygen atoms in total. The number of nitrogens with one attached hydrogen (secondary N) is 2. The summed E-state index contributed by atoms with van der Waals surface area (Å²) in [5.74, 6) is 1.55. The van der Waals surface area contributed by atoms with Crippen LogP contribution >= 0.6 is 11.3 Å². The molecule has 3 heterocycles. The zero-order valence-electron chi connectivity index (χ0n) is 14.7. The smallest absolute Gasteiger partial charge is 0.225 e. The second-order valence-electron chi connectivity index (χ2n) is 6.61. The summed E-state index contributed by atoms with van der Waals surface area (Å²) in [5.41, 5.74) is 1.96. The minimum Gasteiger partial charge on any atom is -0.365 e. The Balaban J connectivity index is 1.58. The van der Waals surface area contributed by atoms with Crippen molar-refractivity contribution in [3.05, 3.63) is 53.0 Å². The van der Waals surface area contributed by atoms with E-state index in [1.165, 1.54) is 37.0 Å². The van der Waals surface area contributed by atoms with E-state index in [2.05, 4.69) is 33.1 Å². The Morgan fingerprint density at radius 3 is 2.65 bits per heavy atom. The van der Waals surface area contributed by atoms with E-state index in [-0.39, 0.29) is 0 Å². The predicted molar refractivity (Wildman–Crippen MR) is 107 cm³/mol. The fourth-order valence-corrected chi connectivity index (χ4v) is 3.94. The molecule has 0 aromatic carbocycles. The molecular formula is C20H23N5S. The maximum Gasteiger partial charge on any atom is 0.225 e. The number of hydrogen-bond acceptors (Lipinski definition) is 6. The highest BCUT2D eigenvalue weighted by Gasteiger charge is 2.15. The second kappa shape index (κ2) is 8.27. The highest BCUT2D eigenvalue weighted by atomic mass is 32.1. The lowest BCUT2D eigenvalue weighted by Crippen LogP contribution is -2.23. The lowest BCUT2D eigenvalue weighted by Gasteiger charge is -2.23. The summed E-state index contributed by atoms with van der Waals surface area (Å²) in [5, 5.41) is 9.08. The maximum atomic E-state index is 4.76. The average Bonchev–Trinajstić information content (AvgIpc) is 3.21. The predicted octanol–water partition coefficient (Wildman–Crippen LogP) is 4.96. The van der Waals surface area contributed by atoms with Gasteiger partial charge < -0.3 is 10.6 Å². The van der Waals surface area contributed by atoms with Gasteiger partial charge in [0.2, 0.25) is 5.95 Å². The van der Waals surface area contributed by atoms with Crippen LogP contribution in [0, 0.1) is 0 Å². The van der Waals surface area contributed by atoms with E-state index in [1.807, 2.05) is 18.2 Å². The first-order valence-corrected chi connectivity index (χ1v) is 10.1. The van der Waals surface area contributed by atoms with E-state index >= 15 is 0 Å². The van der Waals surface area contributed by atoms with Gasteiger partial charge in [-0.05, 0) is 36.4 Å². The number of anilines is 2. The summed E-state index contributed by atoms with van der Waals surface area (Å²) < 4.78 is 0. The number of hydrogen-bond donors (Lipinski definition) is 2. The van der Waals surface area contributed by atoms with Gasteiger partial charge in [0, 0.05) is 34.9 Å². The van der Waals surface area contributed by atoms with Gasteiger partial charge in [-0.3, -0.25) is 4.98 Å². The highest BCUT2D eigenvalue weighted by Crippen LogP contribution is 2.24.